The fourth-order valence-electron chi connectivity index (χ4n) is 4.32. The lowest BCUT2D eigenvalue weighted by Crippen LogP contribution is -2.51. The van der Waals surface area contributed by atoms with Gasteiger partial charge in [-0.05, 0) is 83.4 Å². The third-order valence-corrected chi connectivity index (χ3v) is 5.43. The van der Waals surface area contributed by atoms with Gasteiger partial charge in [-0.15, -0.1) is 0 Å². The number of halogens is 1. The first-order valence-electron chi connectivity index (χ1n) is 8.86. The lowest BCUT2D eigenvalue weighted by Gasteiger charge is -2.43. The smallest absolute Gasteiger partial charge is 0.123 e. The second kappa shape index (κ2) is 6.06. The van der Waals surface area contributed by atoms with Crippen molar-refractivity contribution in [2.75, 3.05) is 37.6 Å². The van der Waals surface area contributed by atoms with Gasteiger partial charge in [0.2, 0.25) is 0 Å². The Labute approximate surface area is 139 Å². The molecule has 1 atom stereocenters. The van der Waals surface area contributed by atoms with Crippen molar-refractivity contribution in [1.29, 1.82) is 0 Å². The van der Waals surface area contributed by atoms with Crippen LogP contribution in [0.2, 0.25) is 0 Å². The van der Waals surface area contributed by atoms with Gasteiger partial charge >= 0.3 is 0 Å². The van der Waals surface area contributed by atoms with Gasteiger partial charge in [-0.25, -0.2) is 4.39 Å². The van der Waals surface area contributed by atoms with Crippen molar-refractivity contribution in [3.8, 4) is 0 Å². The molecule has 0 aromatic heterocycles. The monoisotopic (exact) mass is 319 g/mol. The second-order valence-electron chi connectivity index (χ2n) is 8.22. The van der Waals surface area contributed by atoms with Crippen LogP contribution in [0, 0.1) is 5.82 Å². The van der Waals surface area contributed by atoms with Gasteiger partial charge in [-0.3, -0.25) is 0 Å². The van der Waals surface area contributed by atoms with E-state index in [-0.39, 0.29) is 16.8 Å². The Morgan fingerprint density at radius 2 is 2.04 bits per heavy atom. The number of rotatable bonds is 3. The Morgan fingerprint density at radius 1 is 1.26 bits per heavy atom. The van der Waals surface area contributed by atoms with Gasteiger partial charge in [-0.1, -0.05) is 0 Å². The Morgan fingerprint density at radius 3 is 2.74 bits per heavy atom. The Hall–Kier alpha value is -1.13. The third-order valence-electron chi connectivity index (χ3n) is 5.43. The summed E-state index contributed by atoms with van der Waals surface area (Å²) in [6.45, 7) is 11.7. The minimum atomic E-state index is -0.113. The molecule has 0 saturated carbocycles. The number of hydrogen-bond acceptors (Lipinski definition) is 3. The molecule has 23 heavy (non-hydrogen) atoms. The Balaban J connectivity index is 1.95. The van der Waals surface area contributed by atoms with Crippen LogP contribution in [-0.4, -0.2) is 43.2 Å². The van der Waals surface area contributed by atoms with Crippen LogP contribution >= 0.6 is 0 Å². The van der Waals surface area contributed by atoms with Gasteiger partial charge < -0.3 is 15.5 Å². The molecule has 1 unspecified atom stereocenters. The number of likely N-dealkylation sites (tertiary alicyclic amines) is 1. The number of benzene rings is 1. The van der Waals surface area contributed by atoms with Crippen LogP contribution in [0.5, 0.6) is 0 Å². The second-order valence-corrected chi connectivity index (χ2v) is 8.22. The van der Waals surface area contributed by atoms with Crippen LogP contribution < -0.4 is 10.6 Å². The van der Waals surface area contributed by atoms with E-state index < -0.39 is 0 Å². The highest BCUT2D eigenvalue weighted by atomic mass is 19.1. The highest BCUT2D eigenvalue weighted by molar-refractivity contribution is 5.64. The average Bonchev–Trinajstić information content (AvgIpc) is 2.79. The minimum absolute atomic E-state index is 0.0512. The number of fused-ring (bicyclic) bond motifs is 2. The first kappa shape index (κ1) is 16.7. The van der Waals surface area contributed by atoms with Crippen LogP contribution in [0.4, 0.5) is 10.1 Å². The first-order chi connectivity index (χ1) is 10.9. The van der Waals surface area contributed by atoms with E-state index in [9.17, 15) is 4.39 Å². The van der Waals surface area contributed by atoms with Crippen LogP contribution in [0.3, 0.4) is 0 Å². The number of nitrogens with two attached hydrogens (primary N) is 1. The van der Waals surface area contributed by atoms with E-state index >= 15 is 0 Å². The van der Waals surface area contributed by atoms with E-state index in [1.807, 2.05) is 6.07 Å². The number of anilines is 1. The van der Waals surface area contributed by atoms with Crippen LogP contribution in [-0.2, 0) is 5.41 Å². The van der Waals surface area contributed by atoms with Gasteiger partial charge in [0.25, 0.3) is 0 Å². The van der Waals surface area contributed by atoms with Crippen molar-refractivity contribution in [2.24, 2.45) is 5.73 Å². The quantitative estimate of drug-likeness (QED) is 0.929. The molecule has 1 spiro atoms. The lowest BCUT2D eigenvalue weighted by molar-refractivity contribution is 0.151. The summed E-state index contributed by atoms with van der Waals surface area (Å²) in [5.74, 6) is -0.113. The van der Waals surface area contributed by atoms with E-state index in [1.165, 1.54) is 17.7 Å². The molecular weight excluding hydrogens is 289 g/mol. The molecule has 1 aromatic rings. The van der Waals surface area contributed by atoms with Crippen molar-refractivity contribution in [1.82, 2.24) is 4.90 Å². The largest absolute Gasteiger partial charge is 0.366 e. The minimum Gasteiger partial charge on any atom is -0.366 e. The fourth-order valence-corrected chi connectivity index (χ4v) is 4.32. The third kappa shape index (κ3) is 3.11. The molecular formula is C19H30FN3. The van der Waals surface area contributed by atoms with Crippen LogP contribution in [0.25, 0.3) is 0 Å². The predicted octanol–water partition coefficient (Wildman–Crippen LogP) is 3.13. The molecule has 0 bridgehead atoms. The Bertz CT molecular complexity index is 566. The molecule has 0 radical (unpaired) electrons. The number of nitrogens with zero attached hydrogens (tertiary/aromatic N) is 2. The Kier molecular flexibility index (Phi) is 4.41. The maximum absolute atomic E-state index is 14.0. The van der Waals surface area contributed by atoms with E-state index in [0.717, 1.165) is 45.6 Å². The first-order valence-corrected chi connectivity index (χ1v) is 8.86. The van der Waals surface area contributed by atoms with Gasteiger partial charge in [-0.2, -0.15) is 0 Å². The molecule has 2 N–H and O–H groups in total. The van der Waals surface area contributed by atoms with Crippen molar-refractivity contribution in [3.05, 3.63) is 29.6 Å². The zero-order chi connectivity index (χ0) is 16.7. The van der Waals surface area contributed by atoms with Gasteiger partial charge in [0.15, 0.2) is 0 Å². The lowest BCUT2D eigenvalue weighted by atomic mass is 9.75. The summed E-state index contributed by atoms with van der Waals surface area (Å²) in [7, 11) is 0. The fraction of sp³-hybridized carbons (Fsp3) is 0.684. The molecule has 3 rings (SSSR count). The summed E-state index contributed by atoms with van der Waals surface area (Å²) < 4.78 is 14.0. The molecule has 3 nitrogen and oxygen atoms in total. The summed E-state index contributed by atoms with van der Waals surface area (Å²) >= 11 is 0. The van der Waals surface area contributed by atoms with E-state index in [0.29, 0.717) is 0 Å². The zero-order valence-electron chi connectivity index (χ0n) is 14.7. The maximum atomic E-state index is 14.0. The average molecular weight is 319 g/mol. The van der Waals surface area contributed by atoms with Crippen LogP contribution in [0.1, 0.15) is 45.6 Å². The predicted molar refractivity (Wildman–Crippen MR) is 94.5 cm³/mol. The molecule has 0 aliphatic carbocycles. The van der Waals surface area contributed by atoms with Gasteiger partial charge in [0.1, 0.15) is 5.82 Å². The van der Waals surface area contributed by atoms with Crippen molar-refractivity contribution in [2.45, 2.75) is 51.0 Å². The maximum Gasteiger partial charge on any atom is 0.123 e. The van der Waals surface area contributed by atoms with E-state index in [2.05, 4.69) is 30.6 Å². The SMILES string of the molecule is CC(C)(C)N1CC2(CCCN(CCCN)C2)c2cc(F)ccc21. The molecule has 2 heterocycles. The van der Waals surface area contributed by atoms with E-state index in [4.69, 9.17) is 5.73 Å². The summed E-state index contributed by atoms with van der Waals surface area (Å²) in [6, 6.07) is 5.36. The van der Waals surface area contributed by atoms with Crippen molar-refractivity contribution < 1.29 is 4.39 Å². The number of hydrogen-bond donors (Lipinski definition) is 1. The van der Waals surface area contributed by atoms with Gasteiger partial charge in [0, 0.05) is 29.7 Å². The number of piperidine rings is 1. The molecule has 128 valence electrons. The summed E-state index contributed by atoms with van der Waals surface area (Å²) in [5.41, 5.74) is 8.23. The highest BCUT2D eigenvalue weighted by Gasteiger charge is 2.47. The molecule has 1 saturated heterocycles. The molecule has 1 aromatic carbocycles. The van der Waals surface area contributed by atoms with E-state index in [1.54, 1.807) is 12.1 Å². The van der Waals surface area contributed by atoms with Crippen LogP contribution in [0.15, 0.2) is 18.2 Å². The van der Waals surface area contributed by atoms with Crippen molar-refractivity contribution >= 4 is 5.69 Å². The highest BCUT2D eigenvalue weighted by Crippen LogP contribution is 2.48. The normalized spacial score (nSPS) is 25.2. The molecule has 1 fully saturated rings. The topological polar surface area (TPSA) is 32.5 Å². The summed E-state index contributed by atoms with van der Waals surface area (Å²) in [6.07, 6.45) is 3.36. The molecule has 0 amide bonds. The van der Waals surface area contributed by atoms with Crippen molar-refractivity contribution in [3.63, 3.8) is 0 Å². The summed E-state index contributed by atoms with van der Waals surface area (Å²) in [4.78, 5) is 4.99. The zero-order valence-corrected chi connectivity index (χ0v) is 14.7. The summed E-state index contributed by atoms with van der Waals surface area (Å²) in [5, 5.41) is 0. The molecule has 2 aliphatic rings. The van der Waals surface area contributed by atoms with Gasteiger partial charge in [0.05, 0.1) is 0 Å². The standard InChI is InChI=1S/C19H30FN3/c1-18(2,3)23-14-19(16-12-15(20)6-7-17(16)23)8-4-10-22(13-19)11-5-9-21/h6-7,12H,4-5,8-11,13-14,21H2,1-3H3. The molecule has 4 heteroatoms. The molecule has 2 aliphatic heterocycles.